The van der Waals surface area contributed by atoms with Crippen molar-refractivity contribution in [3.8, 4) is 34.0 Å². The number of ether oxygens (including phenoxy) is 1. The van der Waals surface area contributed by atoms with Crippen molar-refractivity contribution in [2.45, 2.75) is 5.92 Å². The molecule has 0 fully saturated rings. The first-order valence-electron chi connectivity index (χ1n) is 12.6. The Morgan fingerprint density at radius 2 is 1.54 bits per heavy atom. The van der Waals surface area contributed by atoms with Crippen molar-refractivity contribution in [3.63, 3.8) is 0 Å². The molecule has 190 valence electrons. The largest absolute Gasteiger partial charge is 0.497 e. The fraction of sp³-hybridized carbons (Fsp3) is 0.0625. The number of anilines is 1. The minimum absolute atomic E-state index is 0.0682. The Balaban J connectivity index is 1.59. The molecule has 0 saturated carbocycles. The maximum Gasteiger partial charge on any atom is 0.236 e. The second kappa shape index (κ2) is 9.19. The van der Waals surface area contributed by atoms with Crippen LogP contribution in [0.25, 0.3) is 39.2 Å². The van der Waals surface area contributed by atoms with Crippen LogP contribution in [-0.4, -0.2) is 27.8 Å². The van der Waals surface area contributed by atoms with Gasteiger partial charge >= 0.3 is 0 Å². The highest BCUT2D eigenvalue weighted by atomic mass is 35.5. The quantitative estimate of drug-likeness (QED) is 0.243. The Kier molecular flexibility index (Phi) is 5.49. The topological polar surface area (TPSA) is 71.9 Å². The van der Waals surface area contributed by atoms with Crippen LogP contribution >= 0.6 is 11.6 Å². The molecule has 1 unspecified atom stereocenters. The predicted molar refractivity (Wildman–Crippen MR) is 155 cm³/mol. The van der Waals surface area contributed by atoms with E-state index in [4.69, 9.17) is 21.4 Å². The Bertz CT molecular complexity index is 1840. The number of methoxy groups -OCH3 is 1. The van der Waals surface area contributed by atoms with Crippen molar-refractivity contribution in [2.75, 3.05) is 12.4 Å². The van der Waals surface area contributed by atoms with Crippen LogP contribution in [0.1, 0.15) is 17.0 Å². The van der Waals surface area contributed by atoms with Crippen molar-refractivity contribution in [1.82, 2.24) is 14.8 Å². The summed E-state index contributed by atoms with van der Waals surface area (Å²) in [4.78, 5) is 17.3. The number of halogens is 1. The van der Waals surface area contributed by atoms with E-state index in [-0.39, 0.29) is 5.91 Å². The molecule has 0 spiro atoms. The third-order valence-electron chi connectivity index (χ3n) is 7.25. The van der Waals surface area contributed by atoms with Crippen LogP contribution in [0.4, 0.5) is 5.69 Å². The monoisotopic (exact) mass is 530 g/mol. The van der Waals surface area contributed by atoms with Crippen LogP contribution in [0.15, 0.2) is 103 Å². The normalized spacial score (nSPS) is 14.4. The van der Waals surface area contributed by atoms with Crippen molar-refractivity contribution in [1.29, 1.82) is 0 Å². The van der Waals surface area contributed by atoms with E-state index >= 15 is 0 Å². The molecule has 6 aromatic rings. The molecule has 6 nitrogen and oxygen atoms in total. The molecule has 4 aromatic carbocycles. The number of H-pyrrole nitrogens is 1. The second-order valence-electron chi connectivity index (χ2n) is 9.48. The molecule has 2 N–H and O–H groups in total. The highest BCUT2D eigenvalue weighted by molar-refractivity contribution is 6.30. The van der Waals surface area contributed by atoms with Gasteiger partial charge in [-0.15, -0.1) is 0 Å². The van der Waals surface area contributed by atoms with Gasteiger partial charge in [-0.2, -0.15) is 5.10 Å². The number of aromatic nitrogens is 3. The molecular formula is C32H23ClN4O2. The average molecular weight is 531 g/mol. The Labute approximate surface area is 229 Å². The number of fused-ring (bicyclic) bond motifs is 2. The molecule has 2 aromatic heterocycles. The molecule has 0 saturated heterocycles. The van der Waals surface area contributed by atoms with Crippen molar-refractivity contribution in [3.05, 3.63) is 119 Å². The highest BCUT2D eigenvalue weighted by Gasteiger charge is 2.38. The number of hydrogen-bond donors (Lipinski definition) is 2. The maximum absolute atomic E-state index is 13.6. The summed E-state index contributed by atoms with van der Waals surface area (Å²) in [5.41, 5.74) is 7.85. The molecule has 1 atom stereocenters. The summed E-state index contributed by atoms with van der Waals surface area (Å²) >= 11 is 6.24. The minimum atomic E-state index is -0.522. The molecule has 39 heavy (non-hydrogen) atoms. The lowest BCUT2D eigenvalue weighted by molar-refractivity contribution is -0.116. The van der Waals surface area contributed by atoms with Crippen LogP contribution < -0.4 is 10.1 Å². The summed E-state index contributed by atoms with van der Waals surface area (Å²) in [6, 6.07) is 33.4. The van der Waals surface area contributed by atoms with Crippen LogP contribution in [0, 0.1) is 0 Å². The van der Waals surface area contributed by atoms with E-state index in [1.54, 1.807) is 7.11 Å². The third kappa shape index (κ3) is 3.80. The number of rotatable bonds is 5. The van der Waals surface area contributed by atoms with Crippen molar-refractivity contribution < 1.29 is 9.53 Å². The number of hydrogen-bond acceptors (Lipinski definition) is 3. The van der Waals surface area contributed by atoms with Crippen molar-refractivity contribution >= 4 is 34.2 Å². The summed E-state index contributed by atoms with van der Waals surface area (Å²) in [6.45, 7) is 0. The van der Waals surface area contributed by atoms with Gasteiger partial charge in [-0.25, -0.2) is 4.68 Å². The predicted octanol–water partition coefficient (Wildman–Crippen LogP) is 7.43. The molecule has 3 heterocycles. The van der Waals surface area contributed by atoms with Gasteiger partial charge in [0.05, 0.1) is 29.8 Å². The zero-order valence-corrected chi connectivity index (χ0v) is 21.7. The summed E-state index contributed by atoms with van der Waals surface area (Å²) in [6.07, 6.45) is 0. The van der Waals surface area contributed by atoms with E-state index in [0.717, 1.165) is 61.8 Å². The summed E-state index contributed by atoms with van der Waals surface area (Å²) < 4.78 is 7.32. The van der Waals surface area contributed by atoms with E-state index in [9.17, 15) is 4.79 Å². The molecule has 1 aliphatic heterocycles. The van der Waals surface area contributed by atoms with E-state index in [0.29, 0.717) is 5.02 Å². The summed E-state index contributed by atoms with van der Waals surface area (Å²) in [7, 11) is 1.65. The number of carbonyl (C=O) groups excluding carboxylic acids is 1. The minimum Gasteiger partial charge on any atom is -0.497 e. The summed E-state index contributed by atoms with van der Waals surface area (Å²) in [5, 5.41) is 9.71. The molecule has 1 aliphatic rings. The fourth-order valence-corrected chi connectivity index (χ4v) is 5.56. The SMILES string of the molecule is COc1ccc(-c2[nH]c3c(c(-c4ccc(Cl)cc4)nn3-c3ccccc3)c2C2C(=O)Nc3ccccc32)cc1. The Hall–Kier alpha value is -4.81. The number of benzene rings is 4. The van der Waals surface area contributed by atoms with Gasteiger partial charge in [0.15, 0.2) is 0 Å². The number of carbonyl (C=O) groups is 1. The third-order valence-corrected chi connectivity index (χ3v) is 7.50. The van der Waals surface area contributed by atoms with E-state index in [1.807, 2.05) is 108 Å². The molecule has 0 radical (unpaired) electrons. The molecule has 0 aliphatic carbocycles. The number of aromatic amines is 1. The van der Waals surface area contributed by atoms with Gasteiger partial charge in [0.2, 0.25) is 5.91 Å². The van der Waals surface area contributed by atoms with Gasteiger partial charge in [0.1, 0.15) is 17.1 Å². The molecular weight excluding hydrogens is 508 g/mol. The zero-order valence-electron chi connectivity index (χ0n) is 21.0. The number of nitrogens with zero attached hydrogens (tertiary/aromatic N) is 2. The van der Waals surface area contributed by atoms with E-state index in [1.165, 1.54) is 0 Å². The number of amides is 1. The van der Waals surface area contributed by atoms with Gasteiger partial charge in [0, 0.05) is 21.8 Å². The average Bonchev–Trinajstić information content (AvgIpc) is 3.63. The molecule has 7 heteroatoms. The molecule has 0 bridgehead atoms. The molecule has 1 amide bonds. The smallest absolute Gasteiger partial charge is 0.236 e. The van der Waals surface area contributed by atoms with Crippen LogP contribution in [0.3, 0.4) is 0 Å². The summed E-state index contributed by atoms with van der Waals surface area (Å²) in [5.74, 6) is 0.172. The van der Waals surface area contributed by atoms with Gasteiger partial charge in [-0.1, -0.05) is 60.1 Å². The van der Waals surface area contributed by atoms with Crippen LogP contribution in [-0.2, 0) is 4.79 Å². The van der Waals surface area contributed by atoms with E-state index < -0.39 is 5.92 Å². The lowest BCUT2D eigenvalue weighted by Crippen LogP contribution is -2.14. The lowest BCUT2D eigenvalue weighted by atomic mass is 9.88. The standard InChI is InChI=1S/C32H23ClN4O2/c1-39-23-17-13-19(14-18-23)29-27(26-24-9-5-6-10-25(24)34-32(26)38)28-30(20-11-15-21(33)16-12-20)36-37(31(28)35-29)22-7-3-2-4-8-22/h2-18,26,35H,1H3,(H,34,38). The van der Waals surface area contributed by atoms with Gasteiger partial charge in [-0.05, 0) is 65.7 Å². The first-order valence-corrected chi connectivity index (χ1v) is 13.0. The zero-order chi connectivity index (χ0) is 26.5. The fourth-order valence-electron chi connectivity index (χ4n) is 5.43. The van der Waals surface area contributed by atoms with Crippen LogP contribution in [0.2, 0.25) is 5.02 Å². The Morgan fingerprint density at radius 1 is 0.846 bits per heavy atom. The highest BCUT2D eigenvalue weighted by Crippen LogP contribution is 2.47. The molecule has 7 rings (SSSR count). The van der Waals surface area contributed by atoms with Crippen LogP contribution in [0.5, 0.6) is 5.75 Å². The first-order chi connectivity index (χ1) is 19.1. The Morgan fingerprint density at radius 3 is 2.28 bits per heavy atom. The van der Waals surface area contributed by atoms with Gasteiger partial charge in [0.25, 0.3) is 0 Å². The number of nitrogens with one attached hydrogen (secondary N) is 2. The first kappa shape index (κ1) is 23.3. The van der Waals surface area contributed by atoms with Gasteiger partial charge in [-0.3, -0.25) is 4.79 Å². The maximum atomic E-state index is 13.6. The second-order valence-corrected chi connectivity index (χ2v) is 9.91. The number of para-hydroxylation sites is 2. The van der Waals surface area contributed by atoms with Gasteiger partial charge < -0.3 is 15.0 Å². The lowest BCUT2D eigenvalue weighted by Gasteiger charge is -2.13. The van der Waals surface area contributed by atoms with E-state index in [2.05, 4.69) is 10.3 Å². The van der Waals surface area contributed by atoms with Crippen molar-refractivity contribution in [2.24, 2.45) is 0 Å².